The molecule has 0 aromatic rings. The van der Waals surface area contributed by atoms with Crippen molar-refractivity contribution in [2.24, 2.45) is 0 Å². The van der Waals surface area contributed by atoms with Crippen LogP contribution in [0.15, 0.2) is 24.3 Å². The molecule has 1 amide bonds. The molecule has 4 nitrogen and oxygen atoms in total. The fraction of sp³-hybridized carbons (Fsp3) is 0.917. The van der Waals surface area contributed by atoms with Gasteiger partial charge >= 0.3 is 0 Å². The number of carbonyl (C=O) groups excluding carboxylic acids is 1. The zero-order chi connectivity index (χ0) is 46.3. The van der Waals surface area contributed by atoms with Crippen molar-refractivity contribution in [1.29, 1.82) is 0 Å². The Morgan fingerprint density at radius 3 is 0.906 bits per heavy atom. The lowest BCUT2D eigenvalue weighted by atomic mass is 10.0. The van der Waals surface area contributed by atoms with E-state index in [0.29, 0.717) is 6.42 Å². The predicted molar refractivity (Wildman–Crippen MR) is 286 cm³/mol. The van der Waals surface area contributed by atoms with E-state index in [2.05, 4.69) is 31.3 Å². The molecule has 0 aliphatic rings. The molecule has 0 spiro atoms. The molecule has 0 radical (unpaired) electrons. The van der Waals surface area contributed by atoms with Gasteiger partial charge in [-0.2, -0.15) is 0 Å². The van der Waals surface area contributed by atoms with E-state index in [9.17, 15) is 15.0 Å². The van der Waals surface area contributed by atoms with Crippen molar-refractivity contribution in [1.82, 2.24) is 5.32 Å². The Morgan fingerprint density at radius 1 is 0.359 bits per heavy atom. The average Bonchev–Trinajstić information content (AvgIpc) is 3.30. The van der Waals surface area contributed by atoms with Gasteiger partial charge in [-0.3, -0.25) is 4.79 Å². The van der Waals surface area contributed by atoms with E-state index in [-0.39, 0.29) is 12.5 Å². The Balaban J connectivity index is 3.43. The molecule has 2 unspecified atom stereocenters. The normalized spacial score (nSPS) is 12.9. The Bertz CT molecular complexity index is 932. The molecule has 64 heavy (non-hydrogen) atoms. The Kier molecular flexibility index (Phi) is 55.2. The molecule has 0 bridgehead atoms. The Labute approximate surface area is 402 Å². The topological polar surface area (TPSA) is 69.6 Å². The summed E-state index contributed by atoms with van der Waals surface area (Å²) >= 11 is 0. The first-order valence-electron chi connectivity index (χ1n) is 29.6. The summed E-state index contributed by atoms with van der Waals surface area (Å²) in [4.78, 5) is 12.5. The third-order valence-electron chi connectivity index (χ3n) is 13.9. The van der Waals surface area contributed by atoms with Crippen molar-refractivity contribution in [2.45, 2.75) is 347 Å². The second kappa shape index (κ2) is 56.2. The minimum atomic E-state index is -0.859. The number of nitrogens with one attached hydrogen (secondary N) is 1. The standard InChI is InChI=1S/C60H117NO3/c1-3-5-7-9-11-13-15-17-19-21-23-24-25-26-27-28-29-30-31-32-33-34-35-36-38-40-42-44-46-48-50-52-54-56-60(64)61-58(57-62)59(63)55-53-51-49-47-45-43-41-39-37-22-20-18-16-14-12-10-8-6-4-2/h45,47,53,55,58-59,62-63H,3-44,46,48-52,54,56-57H2,1-2H3,(H,61,64)/b47-45+,55-53+. The zero-order valence-corrected chi connectivity index (χ0v) is 43.8. The summed E-state index contributed by atoms with van der Waals surface area (Å²) < 4.78 is 0. The van der Waals surface area contributed by atoms with Crippen LogP contribution in [-0.4, -0.2) is 34.9 Å². The molecule has 0 fully saturated rings. The molecule has 0 aliphatic carbocycles. The highest BCUT2D eigenvalue weighted by atomic mass is 16.3. The third kappa shape index (κ3) is 51.8. The van der Waals surface area contributed by atoms with Gasteiger partial charge < -0.3 is 15.5 Å². The first-order valence-corrected chi connectivity index (χ1v) is 29.6. The molecule has 0 aromatic heterocycles. The minimum absolute atomic E-state index is 0.0664. The maximum atomic E-state index is 12.5. The lowest BCUT2D eigenvalue weighted by molar-refractivity contribution is -0.123. The minimum Gasteiger partial charge on any atom is -0.394 e. The Hall–Kier alpha value is -1.13. The van der Waals surface area contributed by atoms with Crippen LogP contribution < -0.4 is 5.32 Å². The van der Waals surface area contributed by atoms with Crippen LogP contribution in [0.1, 0.15) is 335 Å². The van der Waals surface area contributed by atoms with Gasteiger partial charge in [0.1, 0.15) is 0 Å². The first kappa shape index (κ1) is 62.9. The number of allylic oxidation sites excluding steroid dienone is 3. The van der Waals surface area contributed by atoms with Gasteiger partial charge in [0.25, 0.3) is 0 Å². The molecule has 0 saturated heterocycles. The highest BCUT2D eigenvalue weighted by molar-refractivity contribution is 5.76. The van der Waals surface area contributed by atoms with Gasteiger partial charge in [-0.25, -0.2) is 0 Å². The lowest BCUT2D eigenvalue weighted by Crippen LogP contribution is -2.45. The van der Waals surface area contributed by atoms with Crippen LogP contribution in [0.4, 0.5) is 0 Å². The van der Waals surface area contributed by atoms with E-state index < -0.39 is 12.1 Å². The highest BCUT2D eigenvalue weighted by Crippen LogP contribution is 2.18. The summed E-state index contributed by atoms with van der Waals surface area (Å²) in [6.07, 6.45) is 75.1. The van der Waals surface area contributed by atoms with Crippen LogP contribution in [0.25, 0.3) is 0 Å². The van der Waals surface area contributed by atoms with Gasteiger partial charge in [0.2, 0.25) is 5.91 Å². The molecule has 2 atom stereocenters. The molecule has 4 heteroatoms. The third-order valence-corrected chi connectivity index (χ3v) is 13.9. The van der Waals surface area contributed by atoms with E-state index in [4.69, 9.17) is 0 Å². The van der Waals surface area contributed by atoms with Gasteiger partial charge in [0, 0.05) is 6.42 Å². The van der Waals surface area contributed by atoms with Crippen LogP contribution >= 0.6 is 0 Å². The van der Waals surface area contributed by atoms with Gasteiger partial charge in [-0.1, -0.05) is 321 Å². The number of rotatable bonds is 55. The molecule has 3 N–H and O–H groups in total. The fourth-order valence-corrected chi connectivity index (χ4v) is 9.43. The molecule has 380 valence electrons. The monoisotopic (exact) mass is 900 g/mol. The van der Waals surface area contributed by atoms with Crippen LogP contribution in [-0.2, 0) is 4.79 Å². The van der Waals surface area contributed by atoms with Crippen molar-refractivity contribution in [3.63, 3.8) is 0 Å². The van der Waals surface area contributed by atoms with Crippen LogP contribution in [0.5, 0.6) is 0 Å². The summed E-state index contributed by atoms with van der Waals surface area (Å²) in [5.74, 6) is -0.0664. The lowest BCUT2D eigenvalue weighted by Gasteiger charge is -2.19. The van der Waals surface area contributed by atoms with Crippen molar-refractivity contribution in [2.75, 3.05) is 6.61 Å². The van der Waals surface area contributed by atoms with Gasteiger partial charge in [0.05, 0.1) is 18.8 Å². The van der Waals surface area contributed by atoms with Gasteiger partial charge in [-0.15, -0.1) is 0 Å². The van der Waals surface area contributed by atoms with E-state index in [1.54, 1.807) is 6.08 Å². The summed E-state index contributed by atoms with van der Waals surface area (Å²) in [6.45, 7) is 4.34. The molecule has 0 aromatic carbocycles. The molecule has 0 heterocycles. The quantitative estimate of drug-likeness (QED) is 0.0421. The number of aliphatic hydroxyl groups is 2. The largest absolute Gasteiger partial charge is 0.394 e. The van der Waals surface area contributed by atoms with Crippen LogP contribution in [0.2, 0.25) is 0 Å². The van der Waals surface area contributed by atoms with Gasteiger partial charge in [-0.05, 0) is 32.1 Å². The molecular weight excluding hydrogens is 783 g/mol. The number of amides is 1. The second-order valence-electron chi connectivity index (χ2n) is 20.4. The SMILES string of the molecule is CCCCCCCCCCCCCCC/C=C/CC/C=C/C(O)C(CO)NC(=O)CCCCCCCCCCCCCCCCCCCCCCCCCCCCCCCCCCC. The maximum Gasteiger partial charge on any atom is 0.220 e. The van der Waals surface area contributed by atoms with Crippen molar-refractivity contribution in [3.8, 4) is 0 Å². The second-order valence-corrected chi connectivity index (χ2v) is 20.4. The summed E-state index contributed by atoms with van der Waals surface area (Å²) in [7, 11) is 0. The smallest absolute Gasteiger partial charge is 0.220 e. The number of carbonyl (C=O) groups is 1. The first-order chi connectivity index (χ1) is 31.7. The average molecular weight is 901 g/mol. The highest BCUT2D eigenvalue weighted by Gasteiger charge is 2.18. The van der Waals surface area contributed by atoms with E-state index in [0.717, 1.165) is 32.1 Å². The molecular formula is C60H117NO3. The van der Waals surface area contributed by atoms with Crippen molar-refractivity contribution < 1.29 is 15.0 Å². The fourth-order valence-electron chi connectivity index (χ4n) is 9.43. The van der Waals surface area contributed by atoms with Crippen LogP contribution in [0.3, 0.4) is 0 Å². The summed E-state index contributed by atoms with van der Waals surface area (Å²) in [6, 6.07) is -0.636. The van der Waals surface area contributed by atoms with Gasteiger partial charge in [0.15, 0.2) is 0 Å². The van der Waals surface area contributed by atoms with E-state index >= 15 is 0 Å². The number of unbranched alkanes of at least 4 members (excludes halogenated alkanes) is 46. The number of hydrogen-bond acceptors (Lipinski definition) is 3. The number of aliphatic hydroxyl groups excluding tert-OH is 2. The van der Waals surface area contributed by atoms with E-state index in [1.807, 2.05) is 6.08 Å². The van der Waals surface area contributed by atoms with Crippen LogP contribution in [0, 0.1) is 0 Å². The molecule has 0 saturated carbocycles. The zero-order valence-electron chi connectivity index (χ0n) is 43.8. The Morgan fingerprint density at radius 2 is 0.609 bits per heavy atom. The van der Waals surface area contributed by atoms with E-state index in [1.165, 1.54) is 283 Å². The predicted octanol–water partition coefficient (Wildman–Crippen LogP) is 19.5. The molecule has 0 rings (SSSR count). The van der Waals surface area contributed by atoms with Crippen molar-refractivity contribution >= 4 is 5.91 Å². The maximum absolute atomic E-state index is 12.5. The molecule has 0 aliphatic heterocycles. The summed E-state index contributed by atoms with van der Waals surface area (Å²) in [5.41, 5.74) is 0. The number of hydrogen-bond donors (Lipinski definition) is 3. The van der Waals surface area contributed by atoms with Crippen molar-refractivity contribution in [3.05, 3.63) is 24.3 Å². The summed E-state index contributed by atoms with van der Waals surface area (Å²) in [5, 5.41) is 23.1.